The van der Waals surface area contributed by atoms with Crippen LogP contribution in [0.1, 0.15) is 0 Å². The summed E-state index contributed by atoms with van der Waals surface area (Å²) in [6, 6.07) is 0. The number of rotatable bonds is 0. The van der Waals surface area contributed by atoms with Gasteiger partial charge in [0.1, 0.15) is 0 Å². The molecule has 0 radical (unpaired) electrons. The molecule has 0 aliphatic rings. The van der Waals surface area contributed by atoms with Gasteiger partial charge < -0.3 is 0 Å². The van der Waals surface area contributed by atoms with Crippen LogP contribution in [0.15, 0.2) is 0 Å². The first-order valence-corrected chi connectivity index (χ1v) is 0. The van der Waals surface area contributed by atoms with Crippen LogP contribution in [0.4, 0.5) is 0 Å². The first-order valence-electron chi connectivity index (χ1n) is 0. The van der Waals surface area contributed by atoms with Crippen LogP contribution in [0.2, 0.25) is 0 Å². The van der Waals surface area contributed by atoms with Gasteiger partial charge in [-0.25, -0.2) is 0 Å². The molecular formula is H12GaInPSb. The first-order chi connectivity index (χ1) is 0. The standard InChI is InChI=1S/Ga.In.H3P.Sb.9H/h;;1H3;;;;;;;;;;. The maximum atomic E-state index is 0. The molecule has 4 heteroatoms. The Morgan fingerprint density at radius 1 is 1.00 bits per heavy atom. The molecule has 4 heavy (non-hydrogen) atoms. The molecule has 0 bridgehead atoms. The van der Waals surface area contributed by atoms with Gasteiger partial charge in [-0.3, -0.25) is 0 Å². The van der Waals surface area contributed by atoms with Crippen LogP contribution < -0.4 is 0 Å². The van der Waals surface area contributed by atoms with Crippen molar-refractivity contribution >= 4 is 80.0 Å². The molecule has 0 aromatic carbocycles. The molecule has 0 nitrogen and oxygen atoms in total. The molecule has 0 aliphatic heterocycles. The van der Waals surface area contributed by atoms with Crippen LogP contribution >= 0.6 is 9.90 Å². The Morgan fingerprint density at radius 2 is 1.00 bits per heavy atom. The average molecular weight is 349 g/mol. The average Bonchev–Trinajstić information content (AvgIpc) is 0. The van der Waals surface area contributed by atoms with Crippen molar-refractivity contribution in [2.75, 3.05) is 0 Å². The first kappa shape index (κ1) is 29.5. The minimum absolute atomic E-state index is 0. The van der Waals surface area contributed by atoms with Gasteiger partial charge in [0.15, 0.2) is 0 Å². The molecule has 0 aromatic rings. The topological polar surface area (TPSA) is 0 Å². The third-order valence-corrected chi connectivity index (χ3v) is 0. The molecular weight excluding hydrogens is 337 g/mol. The fourth-order valence-corrected chi connectivity index (χ4v) is 0. The predicted octanol–water partition coefficient (Wildman–Crippen LogP) is -3.49. The second kappa shape index (κ2) is 17.1. The summed E-state index contributed by atoms with van der Waals surface area (Å²) in [5.41, 5.74) is 0. The number of hydrogen-bond acceptors (Lipinski definition) is 0. The van der Waals surface area contributed by atoms with E-state index in [1.165, 1.54) is 0 Å². The van der Waals surface area contributed by atoms with Crippen LogP contribution in [0, 0.1) is 0 Å². The zero-order valence-corrected chi connectivity index (χ0v) is 6.86. The molecule has 0 saturated carbocycles. The fraction of sp³-hybridized carbons (Fsp3) is 0. The van der Waals surface area contributed by atoms with Gasteiger partial charge >= 0.3 is 70.1 Å². The van der Waals surface area contributed by atoms with E-state index in [-0.39, 0.29) is 80.0 Å². The van der Waals surface area contributed by atoms with Crippen LogP contribution in [-0.4, -0.2) is 70.1 Å². The molecule has 28 valence electrons. The Labute approximate surface area is 78.8 Å². The summed E-state index contributed by atoms with van der Waals surface area (Å²) in [6.45, 7) is 0. The van der Waals surface area contributed by atoms with Crippen molar-refractivity contribution in [2.45, 2.75) is 0 Å². The van der Waals surface area contributed by atoms with Crippen molar-refractivity contribution in [1.29, 1.82) is 0 Å². The van der Waals surface area contributed by atoms with Crippen molar-refractivity contribution in [3.05, 3.63) is 0 Å². The SMILES string of the molecule is P.[GaH3].[InH3].[SbH3]. The molecule has 0 spiro atoms. The normalized spacial score (nSPS) is 0. The molecule has 0 heterocycles. The van der Waals surface area contributed by atoms with E-state index < -0.39 is 0 Å². The maximum absolute atomic E-state index is 0. The molecule has 0 N–H and O–H groups in total. The van der Waals surface area contributed by atoms with Gasteiger partial charge in [0.05, 0.1) is 0 Å². The van der Waals surface area contributed by atoms with Crippen molar-refractivity contribution in [3.63, 3.8) is 0 Å². The van der Waals surface area contributed by atoms with Crippen molar-refractivity contribution in [2.24, 2.45) is 0 Å². The monoisotopic (exact) mass is 348 g/mol. The van der Waals surface area contributed by atoms with E-state index in [0.29, 0.717) is 0 Å². The molecule has 1 atom stereocenters. The minimum atomic E-state index is 0. The third-order valence-electron chi connectivity index (χ3n) is 0. The van der Waals surface area contributed by atoms with E-state index in [1.54, 1.807) is 0 Å². The van der Waals surface area contributed by atoms with E-state index in [2.05, 4.69) is 0 Å². The third kappa shape index (κ3) is 8.83. The predicted molar refractivity (Wildman–Crippen MR) is 40.9 cm³/mol. The van der Waals surface area contributed by atoms with Crippen LogP contribution in [-0.2, 0) is 0 Å². The Balaban J connectivity index is 0. The zero-order valence-electron chi connectivity index (χ0n) is 1.41. The van der Waals surface area contributed by atoms with Gasteiger partial charge in [0.2, 0.25) is 0 Å². The Bertz CT molecular complexity index is 8.00. The summed E-state index contributed by atoms with van der Waals surface area (Å²) >= 11 is 0. The van der Waals surface area contributed by atoms with Crippen LogP contribution in [0.25, 0.3) is 0 Å². The second-order valence-corrected chi connectivity index (χ2v) is 0. The van der Waals surface area contributed by atoms with Gasteiger partial charge in [-0.05, 0) is 0 Å². The molecule has 0 amide bonds. The van der Waals surface area contributed by atoms with Crippen molar-refractivity contribution in [1.82, 2.24) is 0 Å². The quantitative estimate of drug-likeness (QED) is 0.315. The molecule has 0 aromatic heterocycles. The van der Waals surface area contributed by atoms with E-state index in [9.17, 15) is 0 Å². The summed E-state index contributed by atoms with van der Waals surface area (Å²) in [5.74, 6) is 0. The Kier molecular flexibility index (Phi) is 126. The van der Waals surface area contributed by atoms with Crippen molar-refractivity contribution < 1.29 is 0 Å². The van der Waals surface area contributed by atoms with E-state index >= 15 is 0 Å². The molecule has 0 fully saturated rings. The van der Waals surface area contributed by atoms with Gasteiger partial charge in [-0.2, -0.15) is 9.90 Å². The van der Waals surface area contributed by atoms with Crippen molar-refractivity contribution in [3.8, 4) is 0 Å². The molecule has 1 unspecified atom stereocenters. The summed E-state index contributed by atoms with van der Waals surface area (Å²) in [7, 11) is 0. The van der Waals surface area contributed by atoms with Gasteiger partial charge in [-0.1, -0.05) is 0 Å². The Morgan fingerprint density at radius 3 is 1.00 bits per heavy atom. The molecule has 0 aliphatic carbocycles. The van der Waals surface area contributed by atoms with E-state index in [0.717, 1.165) is 0 Å². The Hall–Kier alpha value is 2.75. The van der Waals surface area contributed by atoms with Gasteiger partial charge in [0, 0.05) is 0 Å². The van der Waals surface area contributed by atoms with E-state index in [1.807, 2.05) is 0 Å². The van der Waals surface area contributed by atoms with Gasteiger partial charge in [-0.15, -0.1) is 0 Å². The van der Waals surface area contributed by atoms with Crippen LogP contribution in [0.5, 0.6) is 0 Å². The second-order valence-electron chi connectivity index (χ2n) is 0. The fourth-order valence-electron chi connectivity index (χ4n) is 0. The summed E-state index contributed by atoms with van der Waals surface area (Å²) in [6.07, 6.45) is 0. The van der Waals surface area contributed by atoms with Crippen LogP contribution in [0.3, 0.4) is 0 Å². The van der Waals surface area contributed by atoms with Gasteiger partial charge in [0.25, 0.3) is 0 Å². The number of hydrogen-bond donors (Lipinski definition) is 0. The molecule has 0 saturated heterocycles. The van der Waals surface area contributed by atoms with E-state index in [4.69, 9.17) is 0 Å². The summed E-state index contributed by atoms with van der Waals surface area (Å²) in [5, 5.41) is 0. The summed E-state index contributed by atoms with van der Waals surface area (Å²) < 4.78 is 0. The zero-order chi connectivity index (χ0) is 0. The molecule has 0 rings (SSSR count). The summed E-state index contributed by atoms with van der Waals surface area (Å²) in [4.78, 5) is 0.